The maximum Gasteiger partial charge on any atom is 0.0218 e. The third kappa shape index (κ3) is 3.18. The predicted octanol–water partition coefficient (Wildman–Crippen LogP) is 2.25. The number of rotatable bonds is 4. The van der Waals surface area contributed by atoms with Crippen LogP contribution in [0.1, 0.15) is 45.4 Å². The summed E-state index contributed by atoms with van der Waals surface area (Å²) >= 11 is 0. The lowest BCUT2D eigenvalue weighted by molar-refractivity contribution is 0.147. The van der Waals surface area contributed by atoms with Gasteiger partial charge in [0.15, 0.2) is 0 Å². The molecule has 2 fully saturated rings. The molecule has 88 valence electrons. The van der Waals surface area contributed by atoms with Crippen molar-refractivity contribution in [1.29, 1.82) is 0 Å². The van der Waals surface area contributed by atoms with Gasteiger partial charge in [0.25, 0.3) is 0 Å². The number of nitrogens with zero attached hydrogens (tertiary/aromatic N) is 1. The first-order valence-corrected chi connectivity index (χ1v) is 6.85. The molecule has 1 aliphatic heterocycles. The van der Waals surface area contributed by atoms with E-state index in [1.807, 2.05) is 0 Å². The van der Waals surface area contributed by atoms with Crippen LogP contribution in [0.3, 0.4) is 0 Å². The summed E-state index contributed by atoms with van der Waals surface area (Å²) in [6.45, 7) is 7.35. The molecule has 15 heavy (non-hydrogen) atoms. The molecule has 2 nitrogen and oxygen atoms in total. The van der Waals surface area contributed by atoms with Gasteiger partial charge in [-0.3, -0.25) is 4.90 Å². The molecule has 2 rings (SSSR count). The minimum absolute atomic E-state index is 0.806. The van der Waals surface area contributed by atoms with Crippen LogP contribution in [-0.2, 0) is 0 Å². The number of nitrogens with one attached hydrogen (secondary N) is 1. The third-order valence-corrected chi connectivity index (χ3v) is 4.24. The zero-order valence-electron chi connectivity index (χ0n) is 10.2. The molecule has 0 bridgehead atoms. The van der Waals surface area contributed by atoms with Crippen LogP contribution in [-0.4, -0.2) is 37.1 Å². The van der Waals surface area contributed by atoms with E-state index in [0.717, 1.165) is 12.0 Å². The first kappa shape index (κ1) is 11.4. The van der Waals surface area contributed by atoms with Gasteiger partial charge in [0.1, 0.15) is 0 Å². The molecule has 0 aromatic carbocycles. The van der Waals surface area contributed by atoms with Gasteiger partial charge in [-0.1, -0.05) is 32.6 Å². The molecule has 2 aliphatic rings. The van der Waals surface area contributed by atoms with Gasteiger partial charge in [-0.15, -0.1) is 0 Å². The lowest BCUT2D eigenvalue weighted by Gasteiger charge is -2.36. The van der Waals surface area contributed by atoms with Crippen molar-refractivity contribution in [1.82, 2.24) is 10.2 Å². The van der Waals surface area contributed by atoms with Crippen LogP contribution in [0.15, 0.2) is 0 Å². The molecule has 1 heterocycles. The highest BCUT2D eigenvalue weighted by Gasteiger charge is 2.22. The first-order chi connectivity index (χ1) is 7.40. The summed E-state index contributed by atoms with van der Waals surface area (Å²) in [4.78, 5) is 2.72. The van der Waals surface area contributed by atoms with Crippen LogP contribution >= 0.6 is 0 Å². The van der Waals surface area contributed by atoms with Gasteiger partial charge in [0.05, 0.1) is 0 Å². The van der Waals surface area contributed by atoms with Crippen molar-refractivity contribution in [2.24, 2.45) is 5.92 Å². The average molecular weight is 210 g/mol. The fraction of sp³-hybridized carbons (Fsp3) is 1.00. The van der Waals surface area contributed by atoms with Crippen LogP contribution in [0.2, 0.25) is 0 Å². The summed E-state index contributed by atoms with van der Waals surface area (Å²) in [5.41, 5.74) is 0. The maximum absolute atomic E-state index is 3.50. The average Bonchev–Trinajstić information content (AvgIpc) is 2.79. The second kappa shape index (κ2) is 5.86. The summed E-state index contributed by atoms with van der Waals surface area (Å²) in [6, 6.07) is 0.806. The van der Waals surface area contributed by atoms with Crippen molar-refractivity contribution in [3.8, 4) is 0 Å². The molecular formula is C13H26N2. The second-order valence-electron chi connectivity index (χ2n) is 5.24. The van der Waals surface area contributed by atoms with Gasteiger partial charge in [-0.05, 0) is 25.3 Å². The summed E-state index contributed by atoms with van der Waals surface area (Å²) in [5, 5.41) is 3.50. The molecule has 0 amide bonds. The van der Waals surface area contributed by atoms with E-state index < -0.39 is 0 Å². The van der Waals surface area contributed by atoms with Gasteiger partial charge < -0.3 is 5.32 Å². The minimum Gasteiger partial charge on any atom is -0.314 e. The fourth-order valence-electron chi connectivity index (χ4n) is 3.15. The van der Waals surface area contributed by atoms with Crippen molar-refractivity contribution >= 4 is 0 Å². The molecule has 0 spiro atoms. The monoisotopic (exact) mass is 210 g/mol. The van der Waals surface area contributed by atoms with Gasteiger partial charge >= 0.3 is 0 Å². The van der Waals surface area contributed by atoms with Crippen LogP contribution in [0, 0.1) is 5.92 Å². The summed E-state index contributed by atoms with van der Waals surface area (Å²) in [5.74, 6) is 1.05. The third-order valence-electron chi connectivity index (χ3n) is 4.24. The van der Waals surface area contributed by atoms with Crippen LogP contribution < -0.4 is 5.32 Å². The molecule has 1 saturated heterocycles. The van der Waals surface area contributed by atoms with E-state index in [1.165, 1.54) is 64.7 Å². The van der Waals surface area contributed by atoms with Crippen molar-refractivity contribution < 1.29 is 0 Å². The van der Waals surface area contributed by atoms with Crippen molar-refractivity contribution in [3.05, 3.63) is 0 Å². The molecule has 1 unspecified atom stereocenters. The summed E-state index contributed by atoms with van der Waals surface area (Å²) in [6.07, 6.45) is 8.74. The molecule has 1 saturated carbocycles. The largest absolute Gasteiger partial charge is 0.314 e. The Morgan fingerprint density at radius 3 is 2.80 bits per heavy atom. The number of hydrogen-bond donors (Lipinski definition) is 1. The van der Waals surface area contributed by atoms with Crippen LogP contribution in [0.5, 0.6) is 0 Å². The molecule has 0 radical (unpaired) electrons. The molecule has 1 atom stereocenters. The predicted molar refractivity (Wildman–Crippen MR) is 65.1 cm³/mol. The zero-order chi connectivity index (χ0) is 10.5. The Hall–Kier alpha value is -0.0800. The van der Waals surface area contributed by atoms with E-state index in [0.29, 0.717) is 0 Å². The molecule has 0 aromatic rings. The van der Waals surface area contributed by atoms with Gasteiger partial charge in [-0.25, -0.2) is 0 Å². The molecule has 1 N–H and O–H groups in total. The highest BCUT2D eigenvalue weighted by molar-refractivity contribution is 4.79. The van der Waals surface area contributed by atoms with Crippen molar-refractivity contribution in [3.63, 3.8) is 0 Å². The van der Waals surface area contributed by atoms with Gasteiger partial charge in [0, 0.05) is 25.7 Å². The van der Waals surface area contributed by atoms with Crippen molar-refractivity contribution in [2.75, 3.05) is 26.2 Å². The molecule has 2 heteroatoms. The topological polar surface area (TPSA) is 15.3 Å². The van der Waals surface area contributed by atoms with E-state index in [9.17, 15) is 0 Å². The Labute approximate surface area is 94.4 Å². The summed E-state index contributed by atoms with van der Waals surface area (Å²) in [7, 11) is 0. The Bertz CT molecular complexity index is 175. The van der Waals surface area contributed by atoms with Crippen LogP contribution in [0.25, 0.3) is 0 Å². The highest BCUT2D eigenvalue weighted by Crippen LogP contribution is 2.28. The number of piperazine rings is 1. The zero-order valence-corrected chi connectivity index (χ0v) is 10.2. The van der Waals surface area contributed by atoms with E-state index in [1.54, 1.807) is 0 Å². The molecule has 1 aliphatic carbocycles. The molecular weight excluding hydrogens is 184 g/mol. The first-order valence-electron chi connectivity index (χ1n) is 6.85. The minimum atomic E-state index is 0.806. The quantitative estimate of drug-likeness (QED) is 0.765. The van der Waals surface area contributed by atoms with E-state index in [4.69, 9.17) is 0 Å². The highest BCUT2D eigenvalue weighted by atomic mass is 15.2. The summed E-state index contributed by atoms with van der Waals surface area (Å²) < 4.78 is 0. The van der Waals surface area contributed by atoms with Crippen molar-refractivity contribution in [2.45, 2.75) is 51.5 Å². The second-order valence-corrected chi connectivity index (χ2v) is 5.24. The fourth-order valence-corrected chi connectivity index (χ4v) is 3.15. The lowest BCUT2D eigenvalue weighted by Crippen LogP contribution is -2.51. The SMILES string of the molecule is CCC1CNCCN1CCC1CCCC1. The Balaban J connectivity index is 1.71. The normalized spacial score (nSPS) is 29.8. The number of hydrogen-bond acceptors (Lipinski definition) is 2. The Kier molecular flexibility index (Phi) is 4.45. The lowest BCUT2D eigenvalue weighted by atomic mass is 10.0. The van der Waals surface area contributed by atoms with E-state index >= 15 is 0 Å². The standard InChI is InChI=1S/C13H26N2/c1-2-13-11-14-8-10-15(13)9-7-12-5-3-4-6-12/h12-14H,2-11H2,1H3. The van der Waals surface area contributed by atoms with E-state index in [-0.39, 0.29) is 0 Å². The van der Waals surface area contributed by atoms with Crippen LogP contribution in [0.4, 0.5) is 0 Å². The van der Waals surface area contributed by atoms with Gasteiger partial charge in [-0.2, -0.15) is 0 Å². The Morgan fingerprint density at radius 1 is 1.27 bits per heavy atom. The smallest absolute Gasteiger partial charge is 0.0218 e. The molecule has 0 aromatic heterocycles. The maximum atomic E-state index is 3.50. The Morgan fingerprint density at radius 2 is 2.07 bits per heavy atom. The van der Waals surface area contributed by atoms with E-state index in [2.05, 4.69) is 17.1 Å². The van der Waals surface area contributed by atoms with Gasteiger partial charge in [0.2, 0.25) is 0 Å².